The lowest BCUT2D eigenvalue weighted by atomic mass is 9.93. The third-order valence-electron chi connectivity index (χ3n) is 5.04. The lowest BCUT2D eigenvalue weighted by Crippen LogP contribution is -2.37. The molecule has 1 fully saturated rings. The van der Waals surface area contributed by atoms with Crippen molar-refractivity contribution in [3.8, 4) is 0 Å². The van der Waals surface area contributed by atoms with Crippen molar-refractivity contribution >= 4 is 33.3 Å². The minimum Gasteiger partial charge on any atom is -0.370 e. The van der Waals surface area contributed by atoms with Crippen molar-refractivity contribution in [1.29, 1.82) is 0 Å². The van der Waals surface area contributed by atoms with Crippen molar-refractivity contribution in [1.82, 2.24) is 9.97 Å². The highest BCUT2D eigenvalue weighted by Crippen LogP contribution is 2.40. The lowest BCUT2D eigenvalue weighted by Gasteiger charge is -2.33. The molecule has 1 unspecified atom stereocenters. The number of nitrogens with zero attached hydrogens (tertiary/aromatic N) is 3. The molecule has 2 aliphatic rings. The van der Waals surface area contributed by atoms with Crippen LogP contribution in [0.2, 0.25) is 0 Å². The SMILES string of the molecule is NC(=O)CC1CCCN(c2ncnc3sc4c(c23)CCCC4)C1. The Labute approximate surface area is 139 Å². The fourth-order valence-corrected chi connectivity index (χ4v) is 5.25. The van der Waals surface area contributed by atoms with Gasteiger partial charge in [-0.3, -0.25) is 4.79 Å². The summed E-state index contributed by atoms with van der Waals surface area (Å²) in [5.41, 5.74) is 6.87. The van der Waals surface area contributed by atoms with Gasteiger partial charge in [0.2, 0.25) is 5.91 Å². The van der Waals surface area contributed by atoms with E-state index in [9.17, 15) is 4.79 Å². The molecule has 23 heavy (non-hydrogen) atoms. The zero-order chi connectivity index (χ0) is 15.8. The fraction of sp³-hybridized carbons (Fsp3) is 0.588. The van der Waals surface area contributed by atoms with E-state index in [1.54, 1.807) is 6.33 Å². The average Bonchev–Trinajstić information content (AvgIpc) is 2.93. The van der Waals surface area contributed by atoms with Gasteiger partial charge in [-0.15, -0.1) is 11.3 Å². The Bertz CT molecular complexity index is 742. The highest BCUT2D eigenvalue weighted by Gasteiger charge is 2.26. The Balaban J connectivity index is 1.70. The Morgan fingerprint density at radius 2 is 2.17 bits per heavy atom. The third kappa shape index (κ3) is 2.80. The van der Waals surface area contributed by atoms with Crippen LogP contribution in [0.15, 0.2) is 6.33 Å². The summed E-state index contributed by atoms with van der Waals surface area (Å²) in [5.74, 6) is 1.22. The van der Waals surface area contributed by atoms with Gasteiger partial charge in [0.15, 0.2) is 0 Å². The minimum atomic E-state index is -0.197. The predicted molar refractivity (Wildman–Crippen MR) is 92.8 cm³/mol. The second-order valence-corrected chi connectivity index (χ2v) is 7.80. The highest BCUT2D eigenvalue weighted by molar-refractivity contribution is 7.19. The smallest absolute Gasteiger partial charge is 0.217 e. The molecule has 1 amide bonds. The van der Waals surface area contributed by atoms with Gasteiger partial charge in [-0.1, -0.05) is 0 Å². The molecule has 1 atom stereocenters. The van der Waals surface area contributed by atoms with Crippen LogP contribution < -0.4 is 10.6 Å². The predicted octanol–water partition coefficient (Wildman–Crippen LogP) is 2.66. The van der Waals surface area contributed by atoms with Crippen LogP contribution >= 0.6 is 11.3 Å². The van der Waals surface area contributed by atoms with Crippen molar-refractivity contribution in [3.05, 3.63) is 16.8 Å². The average molecular weight is 330 g/mol. The molecule has 3 heterocycles. The van der Waals surface area contributed by atoms with E-state index in [0.717, 1.165) is 43.0 Å². The van der Waals surface area contributed by atoms with E-state index in [1.807, 2.05) is 11.3 Å². The Hall–Kier alpha value is -1.69. The summed E-state index contributed by atoms with van der Waals surface area (Å²) in [7, 11) is 0. The van der Waals surface area contributed by atoms with E-state index >= 15 is 0 Å². The first kappa shape index (κ1) is 14.9. The molecule has 0 saturated carbocycles. The Morgan fingerprint density at radius 1 is 1.30 bits per heavy atom. The monoisotopic (exact) mass is 330 g/mol. The molecule has 0 spiro atoms. The van der Waals surface area contributed by atoms with Gasteiger partial charge in [-0.05, 0) is 50.0 Å². The topological polar surface area (TPSA) is 72.1 Å². The van der Waals surface area contributed by atoms with Crippen molar-refractivity contribution < 1.29 is 4.79 Å². The van der Waals surface area contributed by atoms with Gasteiger partial charge in [0.1, 0.15) is 17.0 Å². The van der Waals surface area contributed by atoms with Crippen LogP contribution in [0.1, 0.15) is 42.5 Å². The summed E-state index contributed by atoms with van der Waals surface area (Å²) in [6, 6.07) is 0. The molecule has 4 rings (SSSR count). The fourth-order valence-electron chi connectivity index (χ4n) is 4.02. The highest BCUT2D eigenvalue weighted by atomic mass is 32.1. The largest absolute Gasteiger partial charge is 0.370 e. The van der Waals surface area contributed by atoms with Crippen LogP contribution in [-0.2, 0) is 17.6 Å². The molecule has 2 aromatic heterocycles. The number of aryl methyl sites for hydroxylation is 2. The number of carbonyl (C=O) groups excluding carboxylic acids is 1. The number of nitrogens with two attached hydrogens (primary N) is 1. The second-order valence-electron chi connectivity index (χ2n) is 6.71. The van der Waals surface area contributed by atoms with Gasteiger partial charge in [0, 0.05) is 24.4 Å². The summed E-state index contributed by atoms with van der Waals surface area (Å²) < 4.78 is 0. The van der Waals surface area contributed by atoms with Crippen LogP contribution in [0.25, 0.3) is 10.2 Å². The maximum Gasteiger partial charge on any atom is 0.217 e. The Kier molecular flexibility index (Phi) is 3.93. The van der Waals surface area contributed by atoms with Gasteiger partial charge >= 0.3 is 0 Å². The van der Waals surface area contributed by atoms with E-state index in [0.29, 0.717) is 12.3 Å². The number of piperidine rings is 1. The standard InChI is InChI=1S/C17H22N4OS/c18-14(22)8-11-4-3-7-21(9-11)16-15-12-5-1-2-6-13(12)23-17(15)20-10-19-16/h10-11H,1-9H2,(H2,18,22). The molecule has 1 aliphatic heterocycles. The third-order valence-corrected chi connectivity index (χ3v) is 6.24. The maximum atomic E-state index is 11.3. The quantitative estimate of drug-likeness (QED) is 0.939. The van der Waals surface area contributed by atoms with Crippen molar-refractivity contribution in [2.45, 2.75) is 44.9 Å². The number of rotatable bonds is 3. The number of hydrogen-bond donors (Lipinski definition) is 1. The molecule has 0 radical (unpaired) electrons. The maximum absolute atomic E-state index is 11.3. The normalized spacial score (nSPS) is 21.4. The van der Waals surface area contributed by atoms with E-state index in [2.05, 4.69) is 14.9 Å². The summed E-state index contributed by atoms with van der Waals surface area (Å²) in [6.45, 7) is 1.88. The molecule has 1 saturated heterocycles. The molecule has 2 N–H and O–H groups in total. The van der Waals surface area contributed by atoms with E-state index in [1.165, 1.54) is 35.1 Å². The van der Waals surface area contributed by atoms with Gasteiger partial charge in [0.25, 0.3) is 0 Å². The number of fused-ring (bicyclic) bond motifs is 3. The lowest BCUT2D eigenvalue weighted by molar-refractivity contribution is -0.118. The van der Waals surface area contributed by atoms with Gasteiger partial charge in [-0.2, -0.15) is 0 Å². The molecule has 122 valence electrons. The van der Waals surface area contributed by atoms with E-state index in [-0.39, 0.29) is 5.91 Å². The van der Waals surface area contributed by atoms with Crippen molar-refractivity contribution in [3.63, 3.8) is 0 Å². The van der Waals surface area contributed by atoms with Crippen LogP contribution in [0.4, 0.5) is 5.82 Å². The minimum absolute atomic E-state index is 0.197. The summed E-state index contributed by atoms with van der Waals surface area (Å²) >= 11 is 1.84. The number of carbonyl (C=O) groups is 1. The first-order chi connectivity index (χ1) is 11.2. The molecule has 0 bridgehead atoms. The molecule has 6 heteroatoms. The van der Waals surface area contributed by atoms with Crippen LogP contribution in [0.3, 0.4) is 0 Å². The molecular weight excluding hydrogens is 308 g/mol. The summed E-state index contributed by atoms with van der Waals surface area (Å²) in [6.07, 6.45) is 9.22. The molecule has 5 nitrogen and oxygen atoms in total. The van der Waals surface area contributed by atoms with Gasteiger partial charge in [-0.25, -0.2) is 9.97 Å². The molecule has 2 aromatic rings. The zero-order valence-electron chi connectivity index (χ0n) is 13.3. The molecular formula is C17H22N4OS. The number of anilines is 1. The number of thiophene rings is 1. The Morgan fingerprint density at radius 3 is 3.04 bits per heavy atom. The molecule has 1 aliphatic carbocycles. The van der Waals surface area contributed by atoms with Gasteiger partial charge < -0.3 is 10.6 Å². The van der Waals surface area contributed by atoms with Gasteiger partial charge in [0.05, 0.1) is 5.39 Å². The van der Waals surface area contributed by atoms with Crippen molar-refractivity contribution in [2.24, 2.45) is 11.7 Å². The summed E-state index contributed by atoms with van der Waals surface area (Å²) in [4.78, 5) is 25.4. The number of amides is 1. The second kappa shape index (κ2) is 6.07. The first-order valence-electron chi connectivity index (χ1n) is 8.51. The number of primary amides is 1. The zero-order valence-corrected chi connectivity index (χ0v) is 14.1. The molecule has 0 aromatic carbocycles. The van der Waals surface area contributed by atoms with E-state index in [4.69, 9.17) is 5.73 Å². The van der Waals surface area contributed by atoms with Crippen LogP contribution in [0.5, 0.6) is 0 Å². The van der Waals surface area contributed by atoms with Crippen LogP contribution in [0, 0.1) is 5.92 Å². The number of aromatic nitrogens is 2. The van der Waals surface area contributed by atoms with E-state index < -0.39 is 0 Å². The first-order valence-corrected chi connectivity index (χ1v) is 9.32. The number of hydrogen-bond acceptors (Lipinski definition) is 5. The summed E-state index contributed by atoms with van der Waals surface area (Å²) in [5, 5.41) is 1.27. The van der Waals surface area contributed by atoms with Crippen LogP contribution in [-0.4, -0.2) is 29.0 Å². The van der Waals surface area contributed by atoms with Crippen molar-refractivity contribution in [2.75, 3.05) is 18.0 Å².